The van der Waals surface area contributed by atoms with Crippen LogP contribution in [-0.2, 0) is 12.0 Å². The molecule has 19 heavy (non-hydrogen) atoms. The Kier molecular flexibility index (Phi) is 3.63. The third-order valence-corrected chi connectivity index (χ3v) is 5.12. The molecule has 0 aliphatic carbocycles. The number of likely N-dealkylation sites (tertiary alicyclic amines) is 1. The summed E-state index contributed by atoms with van der Waals surface area (Å²) in [7, 11) is 2.25. The van der Waals surface area contributed by atoms with Crippen LogP contribution in [0.3, 0.4) is 0 Å². The molecule has 2 aliphatic heterocycles. The molecule has 1 atom stereocenters. The van der Waals surface area contributed by atoms with Crippen molar-refractivity contribution >= 4 is 0 Å². The minimum absolute atomic E-state index is 0.304. The topological polar surface area (TPSA) is 33.1 Å². The molecule has 1 N–H and O–H groups in total. The van der Waals surface area contributed by atoms with Crippen molar-refractivity contribution in [1.82, 2.24) is 19.8 Å². The highest BCUT2D eigenvalue weighted by atomic mass is 15.2. The first kappa shape index (κ1) is 13.1. The molecule has 0 aromatic carbocycles. The Labute approximate surface area is 116 Å². The van der Waals surface area contributed by atoms with E-state index in [0.29, 0.717) is 11.5 Å². The number of nitrogens with zero attached hydrogens (tertiary/aromatic N) is 3. The standard InChI is InChI=1S/C15H26N4/c1-15(5-7-16-8-6-15)14-10-17-12-19(14)11-13-4-3-9-18(13)2/h10,12-13,16H,3-9,11H2,1-2H3. The molecule has 4 nitrogen and oxygen atoms in total. The Bertz CT molecular complexity index is 420. The van der Waals surface area contributed by atoms with E-state index in [1.165, 1.54) is 37.9 Å². The van der Waals surface area contributed by atoms with Crippen LogP contribution in [0.25, 0.3) is 0 Å². The van der Waals surface area contributed by atoms with E-state index in [1.807, 2.05) is 6.33 Å². The number of piperidine rings is 1. The lowest BCUT2D eigenvalue weighted by Gasteiger charge is -2.35. The Morgan fingerprint density at radius 3 is 2.89 bits per heavy atom. The highest BCUT2D eigenvalue weighted by Gasteiger charge is 2.32. The van der Waals surface area contributed by atoms with Gasteiger partial charge in [0.2, 0.25) is 0 Å². The summed E-state index contributed by atoms with van der Waals surface area (Å²) in [4.78, 5) is 6.93. The number of imidazole rings is 1. The lowest BCUT2D eigenvalue weighted by Crippen LogP contribution is -2.40. The van der Waals surface area contributed by atoms with E-state index < -0.39 is 0 Å². The maximum absolute atomic E-state index is 4.43. The van der Waals surface area contributed by atoms with Gasteiger partial charge in [0.1, 0.15) is 0 Å². The lowest BCUT2D eigenvalue weighted by molar-refractivity contribution is 0.265. The third-order valence-electron chi connectivity index (χ3n) is 5.12. The summed E-state index contributed by atoms with van der Waals surface area (Å²) in [6.07, 6.45) is 9.24. The summed E-state index contributed by atoms with van der Waals surface area (Å²) in [6.45, 7) is 7.01. The number of aromatic nitrogens is 2. The Morgan fingerprint density at radius 1 is 1.42 bits per heavy atom. The molecule has 106 valence electrons. The van der Waals surface area contributed by atoms with Gasteiger partial charge in [0.05, 0.1) is 6.33 Å². The lowest BCUT2D eigenvalue weighted by atomic mass is 9.78. The third kappa shape index (κ3) is 2.56. The predicted octanol–water partition coefficient (Wildman–Crippen LogP) is 1.62. The molecular formula is C15H26N4. The van der Waals surface area contributed by atoms with Crippen LogP contribution >= 0.6 is 0 Å². The molecule has 0 amide bonds. The normalized spacial score (nSPS) is 27.8. The number of hydrogen-bond acceptors (Lipinski definition) is 3. The highest BCUT2D eigenvalue weighted by Crippen LogP contribution is 2.33. The van der Waals surface area contributed by atoms with Gasteiger partial charge in [0, 0.05) is 29.9 Å². The molecule has 2 aliphatic rings. The fraction of sp³-hybridized carbons (Fsp3) is 0.800. The summed E-state index contributed by atoms with van der Waals surface area (Å²) in [5.74, 6) is 0. The van der Waals surface area contributed by atoms with Gasteiger partial charge in [0.15, 0.2) is 0 Å². The van der Waals surface area contributed by atoms with Crippen molar-refractivity contribution < 1.29 is 0 Å². The van der Waals surface area contributed by atoms with Gasteiger partial charge in [-0.15, -0.1) is 0 Å². The predicted molar refractivity (Wildman–Crippen MR) is 77.3 cm³/mol. The first-order valence-corrected chi connectivity index (χ1v) is 7.61. The van der Waals surface area contributed by atoms with Gasteiger partial charge in [-0.3, -0.25) is 0 Å². The summed E-state index contributed by atoms with van der Waals surface area (Å²) in [5.41, 5.74) is 1.74. The fourth-order valence-corrected chi connectivity index (χ4v) is 3.64. The molecule has 0 radical (unpaired) electrons. The molecule has 3 rings (SSSR count). The van der Waals surface area contributed by atoms with Crippen LogP contribution in [-0.4, -0.2) is 47.2 Å². The van der Waals surface area contributed by atoms with Crippen LogP contribution in [0, 0.1) is 0 Å². The Morgan fingerprint density at radius 2 is 2.21 bits per heavy atom. The van der Waals surface area contributed by atoms with Gasteiger partial charge in [-0.25, -0.2) is 4.98 Å². The second-order valence-electron chi connectivity index (χ2n) is 6.52. The number of nitrogens with one attached hydrogen (secondary N) is 1. The quantitative estimate of drug-likeness (QED) is 0.898. The number of hydrogen-bond donors (Lipinski definition) is 1. The molecular weight excluding hydrogens is 236 g/mol. The smallest absolute Gasteiger partial charge is 0.0948 e. The monoisotopic (exact) mass is 262 g/mol. The number of rotatable bonds is 3. The second kappa shape index (κ2) is 5.25. The van der Waals surface area contributed by atoms with Gasteiger partial charge in [0.25, 0.3) is 0 Å². The molecule has 1 unspecified atom stereocenters. The number of likely N-dealkylation sites (N-methyl/N-ethyl adjacent to an activating group) is 1. The van der Waals surface area contributed by atoms with Crippen LogP contribution in [0.15, 0.2) is 12.5 Å². The van der Waals surface area contributed by atoms with E-state index >= 15 is 0 Å². The molecule has 0 bridgehead atoms. The van der Waals surface area contributed by atoms with Gasteiger partial charge in [-0.1, -0.05) is 6.92 Å². The minimum Gasteiger partial charge on any atom is -0.332 e. The van der Waals surface area contributed by atoms with Crippen LogP contribution < -0.4 is 5.32 Å². The summed E-state index contributed by atoms with van der Waals surface area (Å²) in [5, 5.41) is 3.46. The molecule has 2 fully saturated rings. The van der Waals surface area contributed by atoms with Gasteiger partial charge >= 0.3 is 0 Å². The van der Waals surface area contributed by atoms with E-state index in [-0.39, 0.29) is 0 Å². The van der Waals surface area contributed by atoms with Crippen molar-refractivity contribution in [3.63, 3.8) is 0 Å². The summed E-state index contributed by atoms with van der Waals surface area (Å²) in [6, 6.07) is 0.693. The molecule has 2 saturated heterocycles. The maximum atomic E-state index is 4.43. The van der Waals surface area contributed by atoms with Crippen LogP contribution in [0.1, 0.15) is 38.3 Å². The van der Waals surface area contributed by atoms with Gasteiger partial charge < -0.3 is 14.8 Å². The van der Waals surface area contributed by atoms with Gasteiger partial charge in [-0.05, 0) is 52.4 Å². The fourth-order valence-electron chi connectivity index (χ4n) is 3.64. The largest absolute Gasteiger partial charge is 0.332 e. The second-order valence-corrected chi connectivity index (χ2v) is 6.52. The van der Waals surface area contributed by atoms with Crippen molar-refractivity contribution in [2.24, 2.45) is 0 Å². The van der Waals surface area contributed by atoms with E-state index in [1.54, 1.807) is 0 Å². The molecule has 1 aromatic rings. The van der Waals surface area contributed by atoms with Crippen molar-refractivity contribution in [3.8, 4) is 0 Å². The highest BCUT2D eigenvalue weighted by molar-refractivity contribution is 5.15. The van der Waals surface area contributed by atoms with Crippen molar-refractivity contribution in [1.29, 1.82) is 0 Å². The Balaban J connectivity index is 1.78. The first-order chi connectivity index (χ1) is 9.19. The van der Waals surface area contributed by atoms with Crippen molar-refractivity contribution in [3.05, 3.63) is 18.2 Å². The zero-order valence-electron chi connectivity index (χ0n) is 12.2. The summed E-state index contributed by atoms with van der Waals surface area (Å²) >= 11 is 0. The van der Waals surface area contributed by atoms with Crippen LogP contribution in [0.5, 0.6) is 0 Å². The minimum atomic E-state index is 0.304. The van der Waals surface area contributed by atoms with E-state index in [9.17, 15) is 0 Å². The van der Waals surface area contributed by atoms with Crippen molar-refractivity contribution in [2.75, 3.05) is 26.7 Å². The zero-order chi connectivity index (χ0) is 13.3. The van der Waals surface area contributed by atoms with Crippen LogP contribution in [0.4, 0.5) is 0 Å². The molecule has 0 spiro atoms. The average molecular weight is 262 g/mol. The molecule has 0 saturated carbocycles. The van der Waals surface area contributed by atoms with E-state index in [0.717, 1.165) is 19.6 Å². The maximum Gasteiger partial charge on any atom is 0.0948 e. The van der Waals surface area contributed by atoms with Crippen molar-refractivity contribution in [2.45, 2.75) is 50.6 Å². The SMILES string of the molecule is CN1CCCC1Cn1cncc1C1(C)CCNCC1. The molecule has 1 aromatic heterocycles. The Hall–Kier alpha value is -0.870. The molecule has 4 heteroatoms. The van der Waals surface area contributed by atoms with Gasteiger partial charge in [-0.2, -0.15) is 0 Å². The average Bonchev–Trinajstić information content (AvgIpc) is 3.01. The zero-order valence-corrected chi connectivity index (χ0v) is 12.2. The molecule has 3 heterocycles. The van der Waals surface area contributed by atoms with E-state index in [2.05, 4.69) is 39.9 Å². The summed E-state index contributed by atoms with van der Waals surface area (Å²) < 4.78 is 2.41. The van der Waals surface area contributed by atoms with E-state index in [4.69, 9.17) is 0 Å². The first-order valence-electron chi connectivity index (χ1n) is 7.61. The van der Waals surface area contributed by atoms with Crippen LogP contribution in [0.2, 0.25) is 0 Å².